The smallest absolute Gasteiger partial charge is 0.124 e. The first-order valence-electron chi connectivity index (χ1n) is 20.3. The maximum Gasteiger partial charge on any atom is 0.124 e. The summed E-state index contributed by atoms with van der Waals surface area (Å²) in [7, 11) is 2.02. The number of anilines is 6. The van der Waals surface area contributed by atoms with E-state index in [1.165, 1.54) is 72.7 Å². The van der Waals surface area contributed by atoms with E-state index in [0.29, 0.717) is 0 Å². The van der Waals surface area contributed by atoms with Crippen LogP contribution in [0.4, 0.5) is 34.1 Å². The van der Waals surface area contributed by atoms with Crippen molar-refractivity contribution in [2.45, 2.75) is 43.6 Å². The number of nitrogens with one attached hydrogen (secondary N) is 1. The van der Waals surface area contributed by atoms with Crippen LogP contribution in [0.15, 0.2) is 188 Å². The molecular formula is C54H45N3. The van der Waals surface area contributed by atoms with Crippen molar-refractivity contribution in [3.8, 4) is 11.1 Å². The molecule has 3 heteroatoms. The fourth-order valence-corrected chi connectivity index (χ4v) is 10.7. The molecule has 57 heavy (non-hydrogen) atoms. The Bertz CT molecular complexity index is 2810. The van der Waals surface area contributed by atoms with E-state index < -0.39 is 5.54 Å². The molecule has 2 unspecified atom stereocenters. The first-order valence-corrected chi connectivity index (χ1v) is 20.3. The molecule has 276 valence electrons. The van der Waals surface area contributed by atoms with Crippen molar-refractivity contribution < 1.29 is 0 Å². The SMILES string of the molecule is CNc1ccccc1N1c2ccccc2C12c1ccccc1-c1c(N(c3ccccc3)c3ccc(C4(C)C=C5C(=CC4)c4ccccc4C5(C)C)cc3)cccc12. The Morgan fingerprint density at radius 1 is 0.544 bits per heavy atom. The molecule has 3 aliphatic carbocycles. The second kappa shape index (κ2) is 12.2. The highest BCUT2D eigenvalue weighted by Crippen LogP contribution is 2.67. The number of nitrogens with zero attached hydrogens (tertiary/aromatic N) is 2. The van der Waals surface area contributed by atoms with Gasteiger partial charge in [0.15, 0.2) is 0 Å². The van der Waals surface area contributed by atoms with Crippen LogP contribution in [0.2, 0.25) is 0 Å². The van der Waals surface area contributed by atoms with E-state index in [9.17, 15) is 0 Å². The summed E-state index contributed by atoms with van der Waals surface area (Å²) >= 11 is 0. The van der Waals surface area contributed by atoms with Crippen LogP contribution in [0.5, 0.6) is 0 Å². The third kappa shape index (κ3) is 4.54. The Balaban J connectivity index is 1.07. The lowest BCUT2D eigenvalue weighted by Crippen LogP contribution is -2.52. The van der Waals surface area contributed by atoms with Crippen molar-refractivity contribution in [1.29, 1.82) is 0 Å². The molecule has 1 spiro atoms. The normalized spacial score (nSPS) is 20.3. The van der Waals surface area contributed by atoms with Gasteiger partial charge in [-0.25, -0.2) is 0 Å². The highest BCUT2D eigenvalue weighted by atomic mass is 15.3. The van der Waals surface area contributed by atoms with E-state index in [0.717, 1.165) is 23.5 Å². The summed E-state index contributed by atoms with van der Waals surface area (Å²) in [6.45, 7) is 7.17. The molecule has 0 bridgehead atoms. The van der Waals surface area contributed by atoms with E-state index in [4.69, 9.17) is 0 Å². The van der Waals surface area contributed by atoms with E-state index in [1.807, 2.05) is 7.05 Å². The van der Waals surface area contributed by atoms with Crippen molar-refractivity contribution >= 4 is 39.7 Å². The highest BCUT2D eigenvalue weighted by molar-refractivity contribution is 6.02. The molecule has 0 radical (unpaired) electrons. The standard InChI is InChI=1S/C54H45N3/c1-52(2)42-21-10-8-19-39(42)40-33-34-53(3,35-46(40)52)36-29-31-38(32-30-36)56(37-17-6-5-7-18-37)50-28-16-24-45-51(50)41-20-9-11-22-43(41)54(45)44-23-12-14-26-48(44)57(54)49-27-15-13-25-47(49)55-4/h5-33,35,55H,34H2,1-4H3. The lowest BCUT2D eigenvalue weighted by Gasteiger charge is -2.55. The van der Waals surface area contributed by atoms with Crippen molar-refractivity contribution in [2.75, 3.05) is 22.2 Å². The van der Waals surface area contributed by atoms with Crippen LogP contribution in [-0.2, 0) is 16.4 Å². The largest absolute Gasteiger partial charge is 0.386 e. The molecule has 4 aliphatic rings. The summed E-state index contributed by atoms with van der Waals surface area (Å²) in [4.78, 5) is 5.03. The van der Waals surface area contributed by atoms with E-state index in [1.54, 1.807) is 0 Å². The number of rotatable bonds is 6. The predicted octanol–water partition coefficient (Wildman–Crippen LogP) is 13.6. The molecule has 1 heterocycles. The summed E-state index contributed by atoms with van der Waals surface area (Å²) in [6, 6.07) is 62.9. The number of fused-ring (bicyclic) bond motifs is 10. The van der Waals surface area contributed by atoms with Gasteiger partial charge in [-0.15, -0.1) is 0 Å². The summed E-state index contributed by atoms with van der Waals surface area (Å²) in [5.74, 6) is 0. The zero-order valence-electron chi connectivity index (χ0n) is 32.9. The fraction of sp³-hybridized carbons (Fsp3) is 0.148. The molecule has 11 rings (SSSR count). The van der Waals surface area contributed by atoms with Crippen LogP contribution >= 0.6 is 0 Å². The van der Waals surface area contributed by atoms with Gasteiger partial charge in [-0.3, -0.25) is 0 Å². The van der Waals surface area contributed by atoms with Crippen molar-refractivity contribution in [3.05, 3.63) is 221 Å². The van der Waals surface area contributed by atoms with Gasteiger partial charge in [0.25, 0.3) is 0 Å². The van der Waals surface area contributed by atoms with Crippen LogP contribution in [0.1, 0.15) is 60.6 Å². The quantitative estimate of drug-likeness (QED) is 0.183. The zero-order valence-corrected chi connectivity index (χ0v) is 32.9. The predicted molar refractivity (Wildman–Crippen MR) is 239 cm³/mol. The van der Waals surface area contributed by atoms with Gasteiger partial charge in [-0.05, 0) is 99.5 Å². The highest BCUT2D eigenvalue weighted by Gasteiger charge is 2.58. The molecule has 2 atom stereocenters. The van der Waals surface area contributed by atoms with Gasteiger partial charge in [0, 0.05) is 46.1 Å². The number of allylic oxidation sites excluding steroid dienone is 4. The second-order valence-electron chi connectivity index (χ2n) is 16.8. The van der Waals surface area contributed by atoms with Crippen LogP contribution < -0.4 is 15.1 Å². The number of para-hydroxylation sites is 4. The average Bonchev–Trinajstić information content (AvgIpc) is 3.68. The summed E-state index contributed by atoms with van der Waals surface area (Å²) in [5, 5.41) is 3.50. The first-order chi connectivity index (χ1) is 27.9. The Labute approximate surface area is 336 Å². The van der Waals surface area contributed by atoms with Gasteiger partial charge >= 0.3 is 0 Å². The van der Waals surface area contributed by atoms with Gasteiger partial charge in [0.05, 0.1) is 17.1 Å². The van der Waals surface area contributed by atoms with Gasteiger partial charge in [-0.2, -0.15) is 0 Å². The molecule has 1 N–H and O–H groups in total. The Kier molecular flexibility index (Phi) is 7.22. The minimum atomic E-state index is -0.485. The monoisotopic (exact) mass is 735 g/mol. The maximum atomic E-state index is 3.50. The van der Waals surface area contributed by atoms with Gasteiger partial charge in [0.1, 0.15) is 5.54 Å². The topological polar surface area (TPSA) is 18.5 Å². The maximum absolute atomic E-state index is 3.50. The third-order valence-electron chi connectivity index (χ3n) is 13.4. The number of hydrogen-bond acceptors (Lipinski definition) is 3. The van der Waals surface area contributed by atoms with E-state index in [-0.39, 0.29) is 10.8 Å². The molecule has 0 fully saturated rings. The fourth-order valence-electron chi connectivity index (χ4n) is 10.7. The summed E-state index contributed by atoms with van der Waals surface area (Å²) in [6.07, 6.45) is 6.03. The molecule has 0 amide bonds. The Hall–Kier alpha value is -6.58. The molecular weight excluding hydrogens is 691 g/mol. The molecule has 1 aliphatic heterocycles. The van der Waals surface area contributed by atoms with Gasteiger partial charge < -0.3 is 15.1 Å². The summed E-state index contributed by atoms with van der Waals surface area (Å²) < 4.78 is 0. The van der Waals surface area contributed by atoms with Crippen LogP contribution in [0, 0.1) is 0 Å². The molecule has 3 nitrogen and oxygen atoms in total. The minimum Gasteiger partial charge on any atom is -0.386 e. The van der Waals surface area contributed by atoms with Crippen LogP contribution in [-0.4, -0.2) is 7.05 Å². The molecule has 7 aromatic carbocycles. The molecule has 0 aromatic heterocycles. The third-order valence-corrected chi connectivity index (χ3v) is 13.4. The average molecular weight is 736 g/mol. The molecule has 0 saturated carbocycles. The van der Waals surface area contributed by atoms with E-state index in [2.05, 4.69) is 218 Å². The second-order valence-corrected chi connectivity index (χ2v) is 16.8. The Morgan fingerprint density at radius 2 is 1.16 bits per heavy atom. The minimum absolute atomic E-state index is 0.0266. The first kappa shape index (κ1) is 33.7. The van der Waals surface area contributed by atoms with Crippen molar-refractivity contribution in [2.24, 2.45) is 0 Å². The van der Waals surface area contributed by atoms with Crippen molar-refractivity contribution in [1.82, 2.24) is 0 Å². The van der Waals surface area contributed by atoms with Crippen LogP contribution in [0.3, 0.4) is 0 Å². The van der Waals surface area contributed by atoms with E-state index >= 15 is 0 Å². The number of hydrogen-bond donors (Lipinski definition) is 1. The van der Waals surface area contributed by atoms with Crippen LogP contribution in [0.25, 0.3) is 16.7 Å². The Morgan fingerprint density at radius 3 is 1.93 bits per heavy atom. The van der Waals surface area contributed by atoms with Gasteiger partial charge in [-0.1, -0.05) is 154 Å². The lowest BCUT2D eigenvalue weighted by molar-refractivity contribution is 0.571. The molecule has 7 aromatic rings. The summed E-state index contributed by atoms with van der Waals surface area (Å²) in [5.41, 5.74) is 19.8. The van der Waals surface area contributed by atoms with Crippen molar-refractivity contribution in [3.63, 3.8) is 0 Å². The lowest BCUT2D eigenvalue weighted by atomic mass is 9.70. The van der Waals surface area contributed by atoms with Gasteiger partial charge in [0.2, 0.25) is 0 Å². The zero-order chi connectivity index (χ0) is 38.5. The molecule has 0 saturated heterocycles. The number of benzene rings is 7.